The molecule has 0 unspecified atom stereocenters. The van der Waals surface area contributed by atoms with Gasteiger partial charge in [0.2, 0.25) is 11.9 Å². The third-order valence-electron chi connectivity index (χ3n) is 7.31. The van der Waals surface area contributed by atoms with Crippen molar-refractivity contribution in [2.75, 3.05) is 6.61 Å². The summed E-state index contributed by atoms with van der Waals surface area (Å²) in [4.78, 5) is 63.7. The van der Waals surface area contributed by atoms with Crippen molar-refractivity contribution in [1.29, 1.82) is 0 Å². The van der Waals surface area contributed by atoms with Gasteiger partial charge in [0.15, 0.2) is 6.10 Å². The second kappa shape index (κ2) is 24.4. The molecular weight excluding hydrogens is 568 g/mol. The molecule has 10 heteroatoms. The molecule has 2 atom stereocenters. The Bertz CT molecular complexity index is 910. The number of unbranched alkanes of at least 4 members (excludes halogenated alkanes) is 12. The average molecular weight is 625 g/mol. The Balaban J connectivity index is 3.18. The molecule has 0 aromatic carbocycles. The lowest BCUT2D eigenvalue weighted by molar-refractivity contribution is -0.172. The zero-order valence-electron chi connectivity index (χ0n) is 27.6. The van der Waals surface area contributed by atoms with E-state index in [2.05, 4.69) is 27.7 Å². The van der Waals surface area contributed by atoms with Crippen LogP contribution in [0.15, 0.2) is 11.5 Å². The summed E-state index contributed by atoms with van der Waals surface area (Å²) >= 11 is 0. The summed E-state index contributed by atoms with van der Waals surface area (Å²) in [6, 6.07) is 0. The Morgan fingerprint density at radius 3 is 1.50 bits per heavy atom. The first-order valence-corrected chi connectivity index (χ1v) is 17.0. The molecule has 0 aliphatic carbocycles. The largest absolute Gasteiger partial charge is 0.462 e. The Morgan fingerprint density at radius 2 is 1.02 bits per heavy atom. The fourth-order valence-electron chi connectivity index (χ4n) is 4.67. The lowest BCUT2D eigenvalue weighted by atomic mass is 10.1. The second-order valence-corrected chi connectivity index (χ2v) is 11.4. The highest BCUT2D eigenvalue weighted by atomic mass is 16.7. The maximum atomic E-state index is 13.0. The number of cyclic esters (lactones) is 1. The van der Waals surface area contributed by atoms with E-state index < -0.39 is 54.4 Å². The van der Waals surface area contributed by atoms with Gasteiger partial charge in [0.1, 0.15) is 6.61 Å². The van der Waals surface area contributed by atoms with Crippen molar-refractivity contribution in [1.82, 2.24) is 0 Å². The highest BCUT2D eigenvalue weighted by molar-refractivity contribution is 5.93. The lowest BCUT2D eigenvalue weighted by Crippen LogP contribution is -2.38. The van der Waals surface area contributed by atoms with Gasteiger partial charge < -0.3 is 23.7 Å². The summed E-state index contributed by atoms with van der Waals surface area (Å²) in [6.45, 7) is 7.83. The first-order chi connectivity index (χ1) is 21.3. The maximum Gasteiger partial charge on any atom is 0.379 e. The fraction of sp³-hybridized carbons (Fsp3) is 0.794. The maximum absolute atomic E-state index is 13.0. The number of carbonyl (C=O) groups is 5. The molecular formula is C34H56O10. The molecule has 0 amide bonds. The van der Waals surface area contributed by atoms with Gasteiger partial charge in [-0.1, -0.05) is 105 Å². The molecule has 1 rings (SSSR count). The summed E-state index contributed by atoms with van der Waals surface area (Å²) in [5.41, 5.74) is 0. The summed E-state index contributed by atoms with van der Waals surface area (Å²) in [6.07, 6.45) is 11.5. The topological polar surface area (TPSA) is 132 Å². The first kappa shape index (κ1) is 39.1. The predicted molar refractivity (Wildman–Crippen MR) is 165 cm³/mol. The highest BCUT2D eigenvalue weighted by Crippen LogP contribution is 2.30. The third-order valence-corrected chi connectivity index (χ3v) is 7.31. The fourth-order valence-corrected chi connectivity index (χ4v) is 4.67. The van der Waals surface area contributed by atoms with Gasteiger partial charge >= 0.3 is 29.8 Å². The molecule has 0 fully saturated rings. The van der Waals surface area contributed by atoms with Crippen molar-refractivity contribution < 1.29 is 47.7 Å². The van der Waals surface area contributed by atoms with E-state index >= 15 is 0 Å². The van der Waals surface area contributed by atoms with Crippen LogP contribution < -0.4 is 0 Å². The van der Waals surface area contributed by atoms with Crippen LogP contribution in [-0.2, 0) is 47.7 Å². The molecule has 1 heterocycles. The number of hydrogen-bond donors (Lipinski definition) is 0. The Kier molecular flexibility index (Phi) is 21.7. The van der Waals surface area contributed by atoms with E-state index in [9.17, 15) is 24.0 Å². The standard InChI is InChI=1S/C34H56O10/c1-5-9-13-17-21-27(35)40-25-26(41-28(36)22-18-14-10-6-2)31-32(42-29(37)23-19-15-11-7-3)33(34(39)44-31)43-30(38)24-20-16-12-8-4/h26,31H,5-25H2,1-4H3/t26-,31+/m0/s1. The van der Waals surface area contributed by atoms with Crippen molar-refractivity contribution in [2.45, 2.75) is 168 Å². The Morgan fingerprint density at radius 1 is 0.591 bits per heavy atom. The minimum absolute atomic E-state index is 0.0749. The Hall–Kier alpha value is -2.91. The van der Waals surface area contributed by atoms with Crippen LogP contribution in [0.5, 0.6) is 0 Å². The minimum atomic E-state index is -1.42. The van der Waals surface area contributed by atoms with E-state index in [0.717, 1.165) is 77.0 Å². The van der Waals surface area contributed by atoms with Crippen molar-refractivity contribution in [3.05, 3.63) is 11.5 Å². The van der Waals surface area contributed by atoms with Gasteiger partial charge in [0.25, 0.3) is 5.76 Å². The number of rotatable bonds is 26. The third kappa shape index (κ3) is 16.8. The predicted octanol–water partition coefficient (Wildman–Crippen LogP) is 7.55. The molecule has 0 saturated carbocycles. The van der Waals surface area contributed by atoms with Crippen molar-refractivity contribution in [3.63, 3.8) is 0 Å². The molecule has 0 aromatic heterocycles. The normalized spacial score (nSPS) is 15.1. The first-order valence-electron chi connectivity index (χ1n) is 17.0. The molecule has 0 aromatic rings. The summed E-state index contributed by atoms with van der Waals surface area (Å²) in [5, 5.41) is 0. The van der Waals surface area contributed by atoms with Crippen LogP contribution in [0.2, 0.25) is 0 Å². The SMILES string of the molecule is CCCCCCC(=O)OC[C@H](OC(=O)CCCCCC)[C@H]1OC(=O)C(OC(=O)CCCCCC)=C1OC(=O)CCCCCC. The highest BCUT2D eigenvalue weighted by Gasteiger charge is 2.46. The van der Waals surface area contributed by atoms with Gasteiger partial charge in [-0.2, -0.15) is 0 Å². The summed E-state index contributed by atoms with van der Waals surface area (Å²) in [7, 11) is 0. The zero-order valence-corrected chi connectivity index (χ0v) is 27.6. The number of ether oxygens (including phenoxy) is 5. The van der Waals surface area contributed by atoms with Gasteiger partial charge in [-0.3, -0.25) is 19.2 Å². The van der Waals surface area contributed by atoms with Crippen LogP contribution in [0.3, 0.4) is 0 Å². The lowest BCUT2D eigenvalue weighted by Gasteiger charge is -2.24. The average Bonchev–Trinajstić information content (AvgIpc) is 3.29. The number of hydrogen-bond acceptors (Lipinski definition) is 10. The van der Waals surface area contributed by atoms with Crippen LogP contribution in [0, 0.1) is 0 Å². The van der Waals surface area contributed by atoms with Gasteiger partial charge in [-0.15, -0.1) is 0 Å². The monoisotopic (exact) mass is 624 g/mol. The minimum Gasteiger partial charge on any atom is -0.462 e. The van der Waals surface area contributed by atoms with Crippen molar-refractivity contribution in [3.8, 4) is 0 Å². The van der Waals surface area contributed by atoms with Crippen LogP contribution in [0.4, 0.5) is 0 Å². The van der Waals surface area contributed by atoms with Gasteiger partial charge in [-0.05, 0) is 25.7 Å². The molecule has 0 spiro atoms. The summed E-state index contributed by atoms with van der Waals surface area (Å²) < 4.78 is 27.6. The van der Waals surface area contributed by atoms with E-state index in [1.807, 2.05) is 0 Å². The smallest absolute Gasteiger partial charge is 0.379 e. The van der Waals surface area contributed by atoms with Crippen molar-refractivity contribution >= 4 is 29.8 Å². The van der Waals surface area contributed by atoms with Crippen LogP contribution in [0.25, 0.3) is 0 Å². The molecule has 44 heavy (non-hydrogen) atoms. The molecule has 10 nitrogen and oxygen atoms in total. The molecule has 0 bridgehead atoms. The van der Waals surface area contributed by atoms with Crippen molar-refractivity contribution in [2.24, 2.45) is 0 Å². The molecule has 252 valence electrons. The molecule has 0 radical (unpaired) electrons. The van der Waals surface area contributed by atoms with Crippen LogP contribution in [0.1, 0.15) is 156 Å². The van der Waals surface area contributed by atoms with E-state index in [4.69, 9.17) is 23.7 Å². The second-order valence-electron chi connectivity index (χ2n) is 11.4. The van der Waals surface area contributed by atoms with Crippen LogP contribution >= 0.6 is 0 Å². The van der Waals surface area contributed by atoms with E-state index in [1.54, 1.807) is 0 Å². The van der Waals surface area contributed by atoms with E-state index in [0.29, 0.717) is 25.7 Å². The quantitative estimate of drug-likeness (QED) is 0.0540. The summed E-state index contributed by atoms with van der Waals surface area (Å²) in [5.74, 6) is -4.21. The van der Waals surface area contributed by atoms with E-state index in [-0.39, 0.29) is 31.4 Å². The molecule has 0 saturated heterocycles. The zero-order chi connectivity index (χ0) is 32.6. The number of esters is 5. The molecule has 1 aliphatic heterocycles. The molecule has 0 N–H and O–H groups in total. The molecule has 1 aliphatic rings. The Labute approximate surface area is 263 Å². The number of carbonyl (C=O) groups excluding carboxylic acids is 5. The van der Waals surface area contributed by atoms with E-state index in [1.165, 1.54) is 0 Å². The van der Waals surface area contributed by atoms with Gasteiger partial charge in [0.05, 0.1) is 0 Å². The van der Waals surface area contributed by atoms with Gasteiger partial charge in [-0.25, -0.2) is 4.79 Å². The van der Waals surface area contributed by atoms with Crippen LogP contribution in [-0.4, -0.2) is 48.7 Å². The van der Waals surface area contributed by atoms with Gasteiger partial charge in [0, 0.05) is 25.7 Å².